The van der Waals surface area contributed by atoms with E-state index in [2.05, 4.69) is 15.3 Å². The first kappa shape index (κ1) is 18.5. The number of fused-ring (bicyclic) bond motifs is 2. The number of aryl methyl sites for hydroxylation is 2. The van der Waals surface area contributed by atoms with Crippen molar-refractivity contribution in [3.8, 4) is 22.8 Å². The van der Waals surface area contributed by atoms with Crippen LogP contribution < -0.4 is 20.5 Å². The van der Waals surface area contributed by atoms with E-state index in [0.717, 1.165) is 24.8 Å². The average Bonchev–Trinajstić information content (AvgIpc) is 3.34. The van der Waals surface area contributed by atoms with Crippen LogP contribution in [-0.2, 0) is 19.0 Å². The fourth-order valence-electron chi connectivity index (χ4n) is 3.88. The Morgan fingerprint density at radius 2 is 1.73 bits per heavy atom. The molecular formula is C21H17F3N4O2. The topological polar surface area (TPSA) is 82.3 Å². The van der Waals surface area contributed by atoms with E-state index in [1.54, 1.807) is 12.1 Å². The molecule has 9 heteroatoms. The molecule has 0 bridgehead atoms. The minimum Gasteiger partial charge on any atom is -0.454 e. The molecule has 0 unspecified atom stereocenters. The van der Waals surface area contributed by atoms with Crippen LogP contribution in [0.3, 0.4) is 0 Å². The minimum atomic E-state index is -4.71. The molecule has 3 aromatic rings. The van der Waals surface area contributed by atoms with Crippen LogP contribution in [0.15, 0.2) is 36.4 Å². The van der Waals surface area contributed by atoms with Crippen molar-refractivity contribution in [3.63, 3.8) is 0 Å². The molecule has 0 radical (unpaired) electrons. The van der Waals surface area contributed by atoms with Crippen LogP contribution in [0, 0.1) is 0 Å². The lowest BCUT2D eigenvalue weighted by Gasteiger charge is -2.18. The van der Waals surface area contributed by atoms with E-state index in [0.29, 0.717) is 17.2 Å². The van der Waals surface area contributed by atoms with Crippen molar-refractivity contribution in [1.29, 1.82) is 0 Å². The summed E-state index contributed by atoms with van der Waals surface area (Å²) in [6.45, 7) is 0.0158. The third kappa shape index (κ3) is 3.26. The van der Waals surface area contributed by atoms with E-state index in [4.69, 9.17) is 15.2 Å². The lowest BCUT2D eigenvalue weighted by atomic mass is 10.0. The van der Waals surface area contributed by atoms with Gasteiger partial charge in [-0.2, -0.15) is 18.2 Å². The summed E-state index contributed by atoms with van der Waals surface area (Å²) in [5.41, 5.74) is 7.55. The number of hydrogen-bond donors (Lipinski definition) is 2. The van der Waals surface area contributed by atoms with Crippen molar-refractivity contribution in [2.45, 2.75) is 25.4 Å². The van der Waals surface area contributed by atoms with Gasteiger partial charge in [0, 0.05) is 11.3 Å². The van der Waals surface area contributed by atoms with Crippen LogP contribution in [0.4, 0.5) is 30.6 Å². The summed E-state index contributed by atoms with van der Waals surface area (Å²) in [6, 6.07) is 10.0. The highest BCUT2D eigenvalue weighted by atomic mass is 19.4. The number of nitrogens with two attached hydrogens (primary N) is 1. The van der Waals surface area contributed by atoms with Gasteiger partial charge >= 0.3 is 6.18 Å². The van der Waals surface area contributed by atoms with Crippen molar-refractivity contribution in [1.82, 2.24) is 9.97 Å². The molecule has 2 heterocycles. The van der Waals surface area contributed by atoms with E-state index in [-0.39, 0.29) is 29.8 Å². The Labute approximate surface area is 169 Å². The van der Waals surface area contributed by atoms with Gasteiger partial charge in [-0.1, -0.05) is 6.07 Å². The molecule has 5 rings (SSSR count). The SMILES string of the molecule is Nc1nc(Nc2ccc3c(c2)CCC3)c(C(F)(F)F)c(-c2ccc3c(c2)OCO3)n1. The summed E-state index contributed by atoms with van der Waals surface area (Å²) in [4.78, 5) is 7.77. The van der Waals surface area contributed by atoms with Crippen molar-refractivity contribution >= 4 is 17.5 Å². The molecule has 0 atom stereocenters. The molecule has 30 heavy (non-hydrogen) atoms. The maximum Gasteiger partial charge on any atom is 0.422 e. The number of ether oxygens (including phenoxy) is 2. The molecule has 1 aliphatic carbocycles. The van der Waals surface area contributed by atoms with Crippen LogP contribution in [-0.4, -0.2) is 16.8 Å². The zero-order chi connectivity index (χ0) is 20.9. The van der Waals surface area contributed by atoms with Crippen LogP contribution in [0.1, 0.15) is 23.1 Å². The van der Waals surface area contributed by atoms with E-state index in [1.165, 1.54) is 17.7 Å². The predicted octanol–water partition coefficient (Wildman–Crippen LogP) is 4.71. The smallest absolute Gasteiger partial charge is 0.422 e. The highest BCUT2D eigenvalue weighted by Gasteiger charge is 2.39. The number of nitrogen functional groups attached to an aromatic ring is 1. The highest BCUT2D eigenvalue weighted by molar-refractivity contribution is 5.75. The van der Waals surface area contributed by atoms with E-state index < -0.39 is 11.7 Å². The Kier molecular flexibility index (Phi) is 4.19. The first-order chi connectivity index (χ1) is 14.4. The van der Waals surface area contributed by atoms with E-state index >= 15 is 0 Å². The fraction of sp³-hybridized carbons (Fsp3) is 0.238. The minimum absolute atomic E-state index is 0.0158. The number of hydrogen-bond acceptors (Lipinski definition) is 6. The summed E-state index contributed by atoms with van der Waals surface area (Å²) in [5.74, 6) is 0.164. The third-order valence-electron chi connectivity index (χ3n) is 5.22. The second-order valence-electron chi connectivity index (χ2n) is 7.18. The maximum atomic E-state index is 14.1. The standard InChI is InChI=1S/C21H17F3N4O2/c22-21(23,24)17-18(13-5-7-15-16(9-13)30-10-29-15)27-20(25)28-19(17)26-14-6-4-11-2-1-3-12(11)8-14/h4-9H,1-3,10H2,(H3,25,26,27,28). The van der Waals surface area contributed by atoms with Crippen LogP contribution >= 0.6 is 0 Å². The second-order valence-corrected chi connectivity index (χ2v) is 7.18. The number of anilines is 3. The third-order valence-corrected chi connectivity index (χ3v) is 5.22. The lowest BCUT2D eigenvalue weighted by Crippen LogP contribution is -2.15. The Balaban J connectivity index is 1.62. The van der Waals surface area contributed by atoms with Gasteiger partial charge in [0.25, 0.3) is 0 Å². The van der Waals surface area contributed by atoms with Crippen molar-refractivity contribution in [2.75, 3.05) is 17.8 Å². The quantitative estimate of drug-likeness (QED) is 0.646. The molecule has 2 aliphatic rings. The highest BCUT2D eigenvalue weighted by Crippen LogP contribution is 2.44. The first-order valence-corrected chi connectivity index (χ1v) is 9.42. The molecule has 3 N–H and O–H groups in total. The predicted molar refractivity (Wildman–Crippen MR) is 105 cm³/mol. The van der Waals surface area contributed by atoms with E-state index in [9.17, 15) is 13.2 Å². The Morgan fingerprint density at radius 3 is 2.57 bits per heavy atom. The second kappa shape index (κ2) is 6.79. The van der Waals surface area contributed by atoms with Crippen molar-refractivity contribution < 1.29 is 22.6 Å². The average molecular weight is 414 g/mol. The summed E-state index contributed by atoms with van der Waals surface area (Å²) in [5, 5.41) is 2.81. The Morgan fingerprint density at radius 1 is 0.933 bits per heavy atom. The molecule has 0 fully saturated rings. The summed E-state index contributed by atoms with van der Waals surface area (Å²) < 4.78 is 52.8. The zero-order valence-corrected chi connectivity index (χ0v) is 15.7. The monoisotopic (exact) mass is 414 g/mol. The number of aromatic nitrogens is 2. The lowest BCUT2D eigenvalue weighted by molar-refractivity contribution is -0.136. The number of benzene rings is 2. The van der Waals surface area contributed by atoms with Gasteiger partial charge in [-0.3, -0.25) is 0 Å². The molecule has 0 amide bonds. The molecule has 6 nitrogen and oxygen atoms in total. The van der Waals surface area contributed by atoms with Gasteiger partial charge in [0.1, 0.15) is 11.4 Å². The van der Waals surface area contributed by atoms with E-state index in [1.807, 2.05) is 12.1 Å². The van der Waals surface area contributed by atoms with Crippen molar-refractivity contribution in [2.24, 2.45) is 0 Å². The molecule has 0 spiro atoms. The first-order valence-electron chi connectivity index (χ1n) is 9.42. The van der Waals surface area contributed by atoms with Gasteiger partial charge in [0.15, 0.2) is 11.5 Å². The maximum absolute atomic E-state index is 14.1. The van der Waals surface area contributed by atoms with Gasteiger partial charge in [-0.05, 0) is 60.7 Å². The zero-order valence-electron chi connectivity index (χ0n) is 15.7. The van der Waals surface area contributed by atoms with Gasteiger partial charge in [-0.15, -0.1) is 0 Å². The van der Waals surface area contributed by atoms with Crippen molar-refractivity contribution in [3.05, 3.63) is 53.1 Å². The number of rotatable bonds is 3. The van der Waals surface area contributed by atoms with Gasteiger partial charge in [0.2, 0.25) is 12.7 Å². The molecular weight excluding hydrogens is 397 g/mol. The molecule has 0 saturated carbocycles. The van der Waals surface area contributed by atoms with Crippen LogP contribution in [0.5, 0.6) is 11.5 Å². The Bertz CT molecular complexity index is 1150. The Hall–Kier alpha value is -3.49. The van der Waals surface area contributed by atoms with Gasteiger partial charge < -0.3 is 20.5 Å². The summed E-state index contributed by atoms with van der Waals surface area (Å²) in [6.07, 6.45) is -1.77. The summed E-state index contributed by atoms with van der Waals surface area (Å²) in [7, 11) is 0. The normalized spacial score (nSPS) is 14.6. The van der Waals surface area contributed by atoms with Gasteiger partial charge in [-0.25, -0.2) is 4.98 Å². The number of halogens is 3. The molecule has 0 saturated heterocycles. The number of nitrogens with zero attached hydrogens (tertiary/aromatic N) is 2. The number of alkyl halides is 3. The van der Waals surface area contributed by atoms with Gasteiger partial charge in [0.05, 0.1) is 5.69 Å². The molecule has 154 valence electrons. The molecule has 1 aromatic heterocycles. The molecule has 2 aromatic carbocycles. The summed E-state index contributed by atoms with van der Waals surface area (Å²) >= 11 is 0. The van der Waals surface area contributed by atoms with Crippen LogP contribution in [0.25, 0.3) is 11.3 Å². The van der Waals surface area contributed by atoms with Crippen LogP contribution in [0.2, 0.25) is 0 Å². The number of nitrogens with one attached hydrogen (secondary N) is 1. The molecule has 1 aliphatic heterocycles. The largest absolute Gasteiger partial charge is 0.454 e. The fourth-order valence-corrected chi connectivity index (χ4v) is 3.88.